The lowest BCUT2D eigenvalue weighted by molar-refractivity contribution is -0.136. The first kappa shape index (κ1) is 11.4. The van der Waals surface area contributed by atoms with Crippen molar-refractivity contribution in [3.05, 3.63) is 0 Å². The lowest BCUT2D eigenvalue weighted by Gasteiger charge is -2.32. The van der Waals surface area contributed by atoms with Crippen molar-refractivity contribution in [2.45, 2.75) is 31.7 Å². The highest BCUT2D eigenvalue weighted by molar-refractivity contribution is 5.83. The highest BCUT2D eigenvalue weighted by atomic mass is 16.2. The minimum absolute atomic E-state index is 0.0355. The molecule has 0 aromatic rings. The van der Waals surface area contributed by atoms with Crippen molar-refractivity contribution in [2.24, 2.45) is 11.7 Å². The number of nitrogens with one attached hydrogen (secondary N) is 1. The van der Waals surface area contributed by atoms with Gasteiger partial charge in [0.1, 0.15) is 0 Å². The number of carbonyl (C=O) groups excluding carboxylic acids is 2. The lowest BCUT2D eigenvalue weighted by atomic mass is 9.97. The van der Waals surface area contributed by atoms with E-state index in [1.807, 2.05) is 0 Å². The first-order valence-corrected chi connectivity index (χ1v) is 6.00. The zero-order valence-electron chi connectivity index (χ0n) is 9.45. The number of amides is 2. The van der Waals surface area contributed by atoms with Gasteiger partial charge in [-0.2, -0.15) is 0 Å². The summed E-state index contributed by atoms with van der Waals surface area (Å²) in [5.41, 5.74) is 5.29. The summed E-state index contributed by atoms with van der Waals surface area (Å²) in [5, 5.41) is 3.19. The molecule has 0 aromatic heterocycles. The molecule has 2 rings (SSSR count). The minimum Gasteiger partial charge on any atom is -0.369 e. The molecule has 2 aliphatic heterocycles. The van der Waals surface area contributed by atoms with Crippen LogP contribution in [0.4, 0.5) is 0 Å². The molecule has 3 N–H and O–H groups in total. The minimum atomic E-state index is -0.281. The van der Waals surface area contributed by atoms with Crippen LogP contribution in [0.2, 0.25) is 0 Å². The Morgan fingerprint density at radius 2 is 2.06 bits per heavy atom. The number of carbonyl (C=O) groups is 2. The van der Waals surface area contributed by atoms with E-state index in [9.17, 15) is 9.59 Å². The summed E-state index contributed by atoms with van der Waals surface area (Å²) in [7, 11) is 0. The molecule has 2 aliphatic rings. The van der Waals surface area contributed by atoms with Gasteiger partial charge in [-0.05, 0) is 32.2 Å². The molecule has 2 amide bonds. The van der Waals surface area contributed by atoms with E-state index in [1.54, 1.807) is 4.90 Å². The van der Waals surface area contributed by atoms with Crippen LogP contribution in [-0.4, -0.2) is 42.4 Å². The van der Waals surface area contributed by atoms with Crippen molar-refractivity contribution in [3.8, 4) is 0 Å². The maximum Gasteiger partial charge on any atom is 0.239 e. The third-order valence-corrected chi connectivity index (χ3v) is 3.49. The fourth-order valence-corrected chi connectivity index (χ4v) is 2.53. The van der Waals surface area contributed by atoms with E-state index in [4.69, 9.17) is 5.73 Å². The molecule has 16 heavy (non-hydrogen) atoms. The second-order valence-electron chi connectivity index (χ2n) is 4.67. The number of nitrogens with zero attached hydrogens (tertiary/aromatic N) is 1. The summed E-state index contributed by atoms with van der Waals surface area (Å²) >= 11 is 0. The summed E-state index contributed by atoms with van der Waals surface area (Å²) in [5.74, 6) is -0.292. The van der Waals surface area contributed by atoms with Crippen LogP contribution in [0.25, 0.3) is 0 Å². The molecule has 2 atom stereocenters. The van der Waals surface area contributed by atoms with Crippen LogP contribution in [0.5, 0.6) is 0 Å². The van der Waals surface area contributed by atoms with Crippen molar-refractivity contribution >= 4 is 11.8 Å². The Kier molecular flexibility index (Phi) is 3.43. The molecule has 2 saturated heterocycles. The van der Waals surface area contributed by atoms with Gasteiger partial charge in [0.15, 0.2) is 0 Å². The number of nitrogens with two attached hydrogens (primary N) is 1. The van der Waals surface area contributed by atoms with Crippen LogP contribution in [0.3, 0.4) is 0 Å². The van der Waals surface area contributed by atoms with Crippen LogP contribution in [0, 0.1) is 5.92 Å². The average Bonchev–Trinajstić information content (AvgIpc) is 2.81. The Bertz CT molecular complexity index is 287. The van der Waals surface area contributed by atoms with Gasteiger partial charge in [0.05, 0.1) is 12.0 Å². The smallest absolute Gasteiger partial charge is 0.239 e. The Morgan fingerprint density at radius 3 is 2.69 bits per heavy atom. The third-order valence-electron chi connectivity index (χ3n) is 3.49. The van der Waals surface area contributed by atoms with E-state index >= 15 is 0 Å². The molecule has 2 fully saturated rings. The largest absolute Gasteiger partial charge is 0.369 e. The fourth-order valence-electron chi connectivity index (χ4n) is 2.53. The number of rotatable bonds is 2. The monoisotopic (exact) mass is 225 g/mol. The normalized spacial score (nSPS) is 30.4. The molecule has 5 heteroatoms. The second-order valence-corrected chi connectivity index (χ2v) is 4.67. The van der Waals surface area contributed by atoms with Gasteiger partial charge in [-0.25, -0.2) is 0 Å². The van der Waals surface area contributed by atoms with E-state index in [-0.39, 0.29) is 23.8 Å². The van der Waals surface area contributed by atoms with E-state index in [2.05, 4.69) is 5.32 Å². The van der Waals surface area contributed by atoms with Gasteiger partial charge in [0, 0.05) is 13.1 Å². The van der Waals surface area contributed by atoms with Gasteiger partial charge in [-0.3, -0.25) is 9.59 Å². The van der Waals surface area contributed by atoms with Gasteiger partial charge in [-0.15, -0.1) is 0 Å². The zero-order valence-corrected chi connectivity index (χ0v) is 9.45. The first-order valence-electron chi connectivity index (χ1n) is 6.00. The van der Waals surface area contributed by atoms with E-state index < -0.39 is 0 Å². The van der Waals surface area contributed by atoms with Crippen molar-refractivity contribution in [2.75, 3.05) is 19.6 Å². The number of likely N-dealkylation sites (tertiary alicyclic amines) is 1. The van der Waals surface area contributed by atoms with Gasteiger partial charge in [0.2, 0.25) is 11.8 Å². The first-order chi connectivity index (χ1) is 7.68. The van der Waals surface area contributed by atoms with Crippen LogP contribution in [0.1, 0.15) is 25.7 Å². The van der Waals surface area contributed by atoms with Gasteiger partial charge in [0.25, 0.3) is 0 Å². The van der Waals surface area contributed by atoms with E-state index in [0.29, 0.717) is 6.54 Å². The maximum atomic E-state index is 12.1. The molecule has 2 heterocycles. The highest BCUT2D eigenvalue weighted by Crippen LogP contribution is 2.18. The maximum absolute atomic E-state index is 12.1. The summed E-state index contributed by atoms with van der Waals surface area (Å²) in [6, 6.07) is -0.0355. The number of piperidine rings is 1. The van der Waals surface area contributed by atoms with E-state index in [0.717, 1.165) is 38.8 Å². The van der Waals surface area contributed by atoms with Crippen molar-refractivity contribution in [1.29, 1.82) is 0 Å². The number of primary amides is 1. The Hall–Kier alpha value is -1.10. The zero-order chi connectivity index (χ0) is 11.5. The highest BCUT2D eigenvalue weighted by Gasteiger charge is 2.31. The topological polar surface area (TPSA) is 75.4 Å². The van der Waals surface area contributed by atoms with Gasteiger partial charge < -0.3 is 16.0 Å². The molecular formula is C11H19N3O2. The predicted octanol–water partition coefficient (Wildman–Crippen LogP) is -0.538. The van der Waals surface area contributed by atoms with Crippen LogP contribution >= 0.6 is 0 Å². The number of hydrogen-bond donors (Lipinski definition) is 2. The molecule has 0 aliphatic carbocycles. The Labute approximate surface area is 95.3 Å². The van der Waals surface area contributed by atoms with Crippen molar-refractivity contribution < 1.29 is 9.59 Å². The molecule has 0 aromatic carbocycles. The molecule has 0 bridgehead atoms. The molecular weight excluding hydrogens is 206 g/mol. The number of hydrogen-bond acceptors (Lipinski definition) is 3. The molecule has 0 saturated carbocycles. The summed E-state index contributed by atoms with van der Waals surface area (Å²) < 4.78 is 0. The van der Waals surface area contributed by atoms with Crippen molar-refractivity contribution in [3.63, 3.8) is 0 Å². The van der Waals surface area contributed by atoms with E-state index in [1.165, 1.54) is 0 Å². The summed E-state index contributed by atoms with van der Waals surface area (Å²) in [6.45, 7) is 2.19. The van der Waals surface area contributed by atoms with Crippen molar-refractivity contribution in [1.82, 2.24) is 10.2 Å². The SMILES string of the molecule is NC(=O)C1CCCN(C(=O)C2CCCN2)C1. The predicted molar refractivity (Wildman–Crippen MR) is 59.5 cm³/mol. The van der Waals surface area contributed by atoms with Crippen LogP contribution in [0.15, 0.2) is 0 Å². The second kappa shape index (κ2) is 4.82. The molecule has 0 spiro atoms. The third kappa shape index (κ3) is 2.35. The quantitative estimate of drug-likeness (QED) is 0.663. The van der Waals surface area contributed by atoms with Crippen LogP contribution < -0.4 is 11.1 Å². The summed E-state index contributed by atoms with van der Waals surface area (Å²) in [6.07, 6.45) is 3.67. The Morgan fingerprint density at radius 1 is 1.25 bits per heavy atom. The molecule has 5 nitrogen and oxygen atoms in total. The van der Waals surface area contributed by atoms with Crippen LogP contribution in [-0.2, 0) is 9.59 Å². The fraction of sp³-hybridized carbons (Fsp3) is 0.818. The van der Waals surface area contributed by atoms with Gasteiger partial charge >= 0.3 is 0 Å². The standard InChI is InChI=1S/C11H19N3O2/c12-10(15)8-3-2-6-14(7-8)11(16)9-4-1-5-13-9/h8-9,13H,1-7H2,(H2,12,15). The van der Waals surface area contributed by atoms with Gasteiger partial charge in [-0.1, -0.05) is 0 Å². The molecule has 2 unspecified atom stereocenters. The lowest BCUT2D eigenvalue weighted by Crippen LogP contribution is -2.49. The molecule has 0 radical (unpaired) electrons. The summed E-state index contributed by atoms with van der Waals surface area (Å²) in [4.78, 5) is 25.0. The average molecular weight is 225 g/mol. The Balaban J connectivity index is 1.93. The molecule has 90 valence electrons.